The zero-order chi connectivity index (χ0) is 11.8. The van der Waals surface area contributed by atoms with Crippen molar-refractivity contribution in [1.29, 1.82) is 0 Å². The highest BCUT2D eigenvalue weighted by atomic mass is 19.1. The predicted octanol–water partition coefficient (Wildman–Crippen LogP) is 3.39. The van der Waals surface area contributed by atoms with Crippen LogP contribution in [0.3, 0.4) is 0 Å². The van der Waals surface area contributed by atoms with Gasteiger partial charge in [0.25, 0.3) is 0 Å². The summed E-state index contributed by atoms with van der Waals surface area (Å²) in [6.07, 6.45) is 1.29. The third-order valence-corrected chi connectivity index (χ3v) is 2.21. The Morgan fingerprint density at radius 2 is 1.75 bits per heavy atom. The minimum Gasteiger partial charge on any atom is -0.490 e. The first-order chi connectivity index (χ1) is 7.81. The van der Waals surface area contributed by atoms with E-state index in [1.165, 1.54) is 0 Å². The molecule has 90 valence electrons. The van der Waals surface area contributed by atoms with Crippen LogP contribution >= 0.6 is 0 Å². The van der Waals surface area contributed by atoms with Crippen LogP contribution in [0.2, 0.25) is 0 Å². The van der Waals surface area contributed by atoms with Gasteiger partial charge < -0.3 is 9.47 Å². The Morgan fingerprint density at radius 3 is 2.38 bits per heavy atom. The van der Waals surface area contributed by atoms with E-state index in [-0.39, 0.29) is 6.67 Å². The summed E-state index contributed by atoms with van der Waals surface area (Å²) in [7, 11) is 0. The molecule has 0 bridgehead atoms. The SMILES string of the molecule is CCOc1ccc(CCCF)cc1OCC. The quantitative estimate of drug-likeness (QED) is 0.709. The molecule has 0 spiro atoms. The highest BCUT2D eigenvalue weighted by molar-refractivity contribution is 5.43. The van der Waals surface area contributed by atoms with Crippen LogP contribution in [0.4, 0.5) is 4.39 Å². The maximum absolute atomic E-state index is 12.1. The Labute approximate surface area is 96.4 Å². The first-order valence-corrected chi connectivity index (χ1v) is 5.76. The topological polar surface area (TPSA) is 18.5 Å². The van der Waals surface area contributed by atoms with Crippen molar-refractivity contribution < 1.29 is 13.9 Å². The van der Waals surface area contributed by atoms with Crippen LogP contribution < -0.4 is 9.47 Å². The molecule has 0 radical (unpaired) electrons. The van der Waals surface area contributed by atoms with Gasteiger partial charge in [-0.1, -0.05) is 6.07 Å². The van der Waals surface area contributed by atoms with Crippen molar-refractivity contribution >= 4 is 0 Å². The van der Waals surface area contributed by atoms with E-state index in [2.05, 4.69) is 0 Å². The Balaban J connectivity index is 2.79. The van der Waals surface area contributed by atoms with Crippen molar-refractivity contribution in [2.45, 2.75) is 26.7 Å². The molecule has 0 amide bonds. The predicted molar refractivity (Wildman–Crippen MR) is 63.1 cm³/mol. The Kier molecular flexibility index (Phi) is 5.68. The van der Waals surface area contributed by atoms with E-state index >= 15 is 0 Å². The van der Waals surface area contributed by atoms with Crippen LogP contribution in [0.15, 0.2) is 18.2 Å². The smallest absolute Gasteiger partial charge is 0.161 e. The molecule has 0 aliphatic rings. The number of rotatable bonds is 7. The van der Waals surface area contributed by atoms with Crippen LogP contribution in [-0.4, -0.2) is 19.9 Å². The molecule has 0 unspecified atom stereocenters. The lowest BCUT2D eigenvalue weighted by Crippen LogP contribution is -1.99. The van der Waals surface area contributed by atoms with Gasteiger partial charge in [-0.3, -0.25) is 4.39 Å². The van der Waals surface area contributed by atoms with Gasteiger partial charge in [-0.2, -0.15) is 0 Å². The van der Waals surface area contributed by atoms with Gasteiger partial charge in [0.15, 0.2) is 11.5 Å². The Bertz CT molecular complexity index is 313. The Hall–Kier alpha value is -1.25. The third kappa shape index (κ3) is 3.72. The molecule has 3 heteroatoms. The summed E-state index contributed by atoms with van der Waals surface area (Å²) in [4.78, 5) is 0. The summed E-state index contributed by atoms with van der Waals surface area (Å²) in [5.41, 5.74) is 1.09. The first kappa shape index (κ1) is 12.8. The summed E-state index contributed by atoms with van der Waals surface area (Å²) in [5, 5.41) is 0. The van der Waals surface area contributed by atoms with E-state index in [1.54, 1.807) is 0 Å². The molecule has 0 heterocycles. The number of benzene rings is 1. The summed E-state index contributed by atoms with van der Waals surface area (Å²) in [6.45, 7) is 4.81. The molecular weight excluding hydrogens is 207 g/mol. The number of alkyl halides is 1. The number of hydrogen-bond acceptors (Lipinski definition) is 2. The summed E-state index contributed by atoms with van der Waals surface area (Å²) in [6, 6.07) is 5.79. The second-order valence-electron chi connectivity index (χ2n) is 3.44. The van der Waals surface area contributed by atoms with Gasteiger partial charge in [-0.25, -0.2) is 0 Å². The van der Waals surface area contributed by atoms with Crippen LogP contribution in [0.5, 0.6) is 11.5 Å². The van der Waals surface area contributed by atoms with Crippen molar-refractivity contribution in [2.75, 3.05) is 19.9 Å². The van der Waals surface area contributed by atoms with E-state index < -0.39 is 0 Å². The fourth-order valence-electron chi connectivity index (χ4n) is 1.52. The lowest BCUT2D eigenvalue weighted by molar-refractivity contribution is 0.287. The molecule has 0 atom stereocenters. The Morgan fingerprint density at radius 1 is 1.06 bits per heavy atom. The van der Waals surface area contributed by atoms with Crippen molar-refractivity contribution in [3.63, 3.8) is 0 Å². The van der Waals surface area contributed by atoms with E-state index in [0.717, 1.165) is 23.5 Å². The van der Waals surface area contributed by atoms with Gasteiger partial charge in [0.05, 0.1) is 19.9 Å². The summed E-state index contributed by atoms with van der Waals surface area (Å²) >= 11 is 0. The third-order valence-electron chi connectivity index (χ3n) is 2.21. The number of ether oxygens (including phenoxy) is 2. The molecule has 1 rings (SSSR count). The zero-order valence-electron chi connectivity index (χ0n) is 9.96. The minimum absolute atomic E-state index is 0.281. The van der Waals surface area contributed by atoms with Gasteiger partial charge in [-0.05, 0) is 44.4 Å². The second-order valence-corrected chi connectivity index (χ2v) is 3.44. The molecule has 1 aromatic carbocycles. The monoisotopic (exact) mass is 226 g/mol. The molecule has 1 aromatic rings. The van der Waals surface area contributed by atoms with Crippen molar-refractivity contribution in [2.24, 2.45) is 0 Å². The molecule has 0 saturated carbocycles. The molecule has 2 nitrogen and oxygen atoms in total. The number of halogens is 1. The first-order valence-electron chi connectivity index (χ1n) is 5.76. The van der Waals surface area contributed by atoms with Gasteiger partial charge in [0.2, 0.25) is 0 Å². The van der Waals surface area contributed by atoms with E-state index in [9.17, 15) is 4.39 Å². The van der Waals surface area contributed by atoms with E-state index in [0.29, 0.717) is 19.6 Å². The molecule has 0 fully saturated rings. The minimum atomic E-state index is -0.281. The van der Waals surface area contributed by atoms with Crippen LogP contribution in [0, 0.1) is 0 Å². The van der Waals surface area contributed by atoms with Crippen molar-refractivity contribution in [3.8, 4) is 11.5 Å². The van der Waals surface area contributed by atoms with Crippen LogP contribution in [-0.2, 0) is 6.42 Å². The van der Waals surface area contributed by atoms with Crippen molar-refractivity contribution in [1.82, 2.24) is 0 Å². The molecule has 16 heavy (non-hydrogen) atoms. The second kappa shape index (κ2) is 7.09. The maximum Gasteiger partial charge on any atom is 0.161 e. The standard InChI is InChI=1S/C13H19FO2/c1-3-15-12-8-7-11(6-5-9-14)10-13(12)16-4-2/h7-8,10H,3-6,9H2,1-2H3. The molecule has 0 aromatic heterocycles. The maximum atomic E-state index is 12.1. The molecule has 0 aliphatic heterocycles. The van der Waals surface area contributed by atoms with Gasteiger partial charge in [0, 0.05) is 0 Å². The highest BCUT2D eigenvalue weighted by Crippen LogP contribution is 2.28. The normalized spacial score (nSPS) is 10.2. The van der Waals surface area contributed by atoms with E-state index in [4.69, 9.17) is 9.47 Å². The highest BCUT2D eigenvalue weighted by Gasteiger charge is 2.05. The average molecular weight is 226 g/mol. The molecular formula is C13H19FO2. The summed E-state index contributed by atoms with van der Waals surface area (Å²) in [5.74, 6) is 1.51. The number of aryl methyl sites for hydroxylation is 1. The lowest BCUT2D eigenvalue weighted by atomic mass is 10.1. The van der Waals surface area contributed by atoms with Crippen molar-refractivity contribution in [3.05, 3.63) is 23.8 Å². The largest absolute Gasteiger partial charge is 0.490 e. The molecule has 0 N–H and O–H groups in total. The van der Waals surface area contributed by atoms with Gasteiger partial charge in [0.1, 0.15) is 0 Å². The fraction of sp³-hybridized carbons (Fsp3) is 0.538. The number of hydrogen-bond donors (Lipinski definition) is 0. The summed E-state index contributed by atoms with van der Waals surface area (Å²) < 4.78 is 23.0. The molecule has 0 aliphatic carbocycles. The van der Waals surface area contributed by atoms with Crippen LogP contribution in [0.1, 0.15) is 25.8 Å². The fourth-order valence-corrected chi connectivity index (χ4v) is 1.52. The van der Waals surface area contributed by atoms with E-state index in [1.807, 2.05) is 32.0 Å². The van der Waals surface area contributed by atoms with Crippen LogP contribution in [0.25, 0.3) is 0 Å². The zero-order valence-corrected chi connectivity index (χ0v) is 9.96. The average Bonchev–Trinajstić information content (AvgIpc) is 2.30. The lowest BCUT2D eigenvalue weighted by Gasteiger charge is -2.12. The molecule has 0 saturated heterocycles. The van der Waals surface area contributed by atoms with Gasteiger partial charge in [-0.15, -0.1) is 0 Å². The van der Waals surface area contributed by atoms with Gasteiger partial charge >= 0.3 is 0 Å².